The molecule has 0 saturated heterocycles. The summed E-state index contributed by atoms with van der Waals surface area (Å²) in [7, 11) is 0. The molecule has 0 atom stereocenters. The number of nitrogens with one attached hydrogen (secondary N) is 3. The van der Waals surface area contributed by atoms with Gasteiger partial charge in [-0.2, -0.15) is 0 Å². The number of nitrogens with zero attached hydrogens (tertiary/aromatic N) is 1. The molecule has 0 fully saturated rings. The second kappa shape index (κ2) is 8.68. The SMILES string of the molecule is C=CCNC(=NCC(=O)Nc1cccc(F)c1)NCC. The van der Waals surface area contributed by atoms with Gasteiger partial charge < -0.3 is 16.0 Å². The molecule has 1 amide bonds. The number of aliphatic imine (C=N–C) groups is 1. The van der Waals surface area contributed by atoms with Crippen LogP contribution < -0.4 is 16.0 Å². The Hall–Kier alpha value is -2.37. The number of benzene rings is 1. The summed E-state index contributed by atoms with van der Waals surface area (Å²) in [5.74, 6) is -0.180. The van der Waals surface area contributed by atoms with Gasteiger partial charge in [-0.1, -0.05) is 12.1 Å². The van der Waals surface area contributed by atoms with Gasteiger partial charge in [0.2, 0.25) is 5.91 Å². The van der Waals surface area contributed by atoms with E-state index in [4.69, 9.17) is 0 Å². The predicted molar refractivity (Wildman–Crippen MR) is 79.2 cm³/mol. The van der Waals surface area contributed by atoms with Crippen molar-refractivity contribution in [3.05, 3.63) is 42.7 Å². The average Bonchev–Trinajstić information content (AvgIpc) is 2.42. The van der Waals surface area contributed by atoms with Gasteiger partial charge in [-0.25, -0.2) is 9.38 Å². The van der Waals surface area contributed by atoms with Crippen molar-refractivity contribution >= 4 is 17.6 Å². The number of carbonyl (C=O) groups excluding carboxylic acids is 1. The number of amides is 1. The molecule has 1 rings (SSSR count). The van der Waals surface area contributed by atoms with Crippen LogP contribution in [0.2, 0.25) is 0 Å². The van der Waals surface area contributed by atoms with Crippen LogP contribution in [0, 0.1) is 5.82 Å². The van der Waals surface area contributed by atoms with E-state index < -0.39 is 5.82 Å². The zero-order valence-corrected chi connectivity index (χ0v) is 11.4. The summed E-state index contributed by atoms with van der Waals surface area (Å²) in [5.41, 5.74) is 0.411. The third-order valence-electron chi connectivity index (χ3n) is 2.25. The van der Waals surface area contributed by atoms with E-state index in [-0.39, 0.29) is 12.5 Å². The molecule has 0 bridgehead atoms. The summed E-state index contributed by atoms with van der Waals surface area (Å²) in [6, 6.07) is 5.72. The minimum absolute atomic E-state index is 0.0526. The Morgan fingerprint density at radius 3 is 2.90 bits per heavy atom. The molecule has 0 aliphatic rings. The van der Waals surface area contributed by atoms with Gasteiger partial charge in [-0.15, -0.1) is 6.58 Å². The maximum Gasteiger partial charge on any atom is 0.246 e. The highest BCUT2D eigenvalue weighted by Crippen LogP contribution is 2.08. The van der Waals surface area contributed by atoms with E-state index in [0.717, 1.165) is 0 Å². The summed E-state index contributed by atoms with van der Waals surface area (Å²) in [4.78, 5) is 15.8. The van der Waals surface area contributed by atoms with Gasteiger partial charge in [0.05, 0.1) is 0 Å². The summed E-state index contributed by atoms with van der Waals surface area (Å²) in [5, 5.41) is 8.55. The molecule has 0 aliphatic heterocycles. The average molecular weight is 278 g/mol. The lowest BCUT2D eigenvalue weighted by atomic mass is 10.3. The summed E-state index contributed by atoms with van der Waals surface area (Å²) in [6.07, 6.45) is 1.69. The van der Waals surface area contributed by atoms with Crippen LogP contribution in [0.1, 0.15) is 6.92 Å². The molecule has 0 unspecified atom stereocenters. The van der Waals surface area contributed by atoms with E-state index >= 15 is 0 Å². The molecule has 3 N–H and O–H groups in total. The van der Waals surface area contributed by atoms with Crippen molar-refractivity contribution in [1.29, 1.82) is 0 Å². The van der Waals surface area contributed by atoms with E-state index in [9.17, 15) is 9.18 Å². The quantitative estimate of drug-likeness (QED) is 0.420. The van der Waals surface area contributed by atoms with Crippen LogP contribution in [-0.2, 0) is 4.79 Å². The van der Waals surface area contributed by atoms with Gasteiger partial charge in [0.25, 0.3) is 0 Å². The van der Waals surface area contributed by atoms with E-state index in [1.54, 1.807) is 12.1 Å². The maximum atomic E-state index is 13.0. The largest absolute Gasteiger partial charge is 0.357 e. The lowest BCUT2D eigenvalue weighted by Crippen LogP contribution is -2.38. The number of halogens is 1. The zero-order valence-electron chi connectivity index (χ0n) is 11.4. The number of hydrogen-bond donors (Lipinski definition) is 3. The van der Waals surface area contributed by atoms with Crippen molar-refractivity contribution in [2.45, 2.75) is 6.92 Å². The minimum atomic E-state index is -0.396. The third-order valence-corrected chi connectivity index (χ3v) is 2.25. The molecule has 5 nitrogen and oxygen atoms in total. The molecule has 1 aromatic rings. The molecular weight excluding hydrogens is 259 g/mol. The van der Waals surface area contributed by atoms with Crippen molar-refractivity contribution in [3.8, 4) is 0 Å². The summed E-state index contributed by atoms with van der Waals surface area (Å²) < 4.78 is 13.0. The molecule has 108 valence electrons. The standard InChI is InChI=1S/C14H19FN4O/c1-3-8-17-14(16-4-2)18-10-13(20)19-12-7-5-6-11(15)9-12/h3,5-7,9H,1,4,8,10H2,2H3,(H,19,20)(H2,16,17,18). The van der Waals surface area contributed by atoms with Crippen molar-refractivity contribution in [2.24, 2.45) is 4.99 Å². The van der Waals surface area contributed by atoms with E-state index in [1.807, 2.05) is 6.92 Å². The van der Waals surface area contributed by atoms with Crippen LogP contribution in [0.3, 0.4) is 0 Å². The van der Waals surface area contributed by atoms with Crippen molar-refractivity contribution < 1.29 is 9.18 Å². The molecule has 0 spiro atoms. The monoisotopic (exact) mass is 278 g/mol. The highest BCUT2D eigenvalue weighted by Gasteiger charge is 2.03. The van der Waals surface area contributed by atoms with Crippen molar-refractivity contribution in [3.63, 3.8) is 0 Å². The predicted octanol–water partition coefficient (Wildman–Crippen LogP) is 1.51. The van der Waals surface area contributed by atoms with Crippen LogP contribution in [0.25, 0.3) is 0 Å². The maximum absolute atomic E-state index is 13.0. The van der Waals surface area contributed by atoms with E-state index in [1.165, 1.54) is 18.2 Å². The van der Waals surface area contributed by atoms with Crippen molar-refractivity contribution in [1.82, 2.24) is 10.6 Å². The Labute approximate surface area is 118 Å². The summed E-state index contributed by atoms with van der Waals surface area (Å²) >= 11 is 0. The fourth-order valence-electron chi connectivity index (χ4n) is 1.43. The van der Waals surface area contributed by atoms with Gasteiger partial charge in [0.1, 0.15) is 12.4 Å². The smallest absolute Gasteiger partial charge is 0.246 e. The van der Waals surface area contributed by atoms with Gasteiger partial charge in [-0.3, -0.25) is 4.79 Å². The second-order valence-corrected chi connectivity index (χ2v) is 3.92. The highest BCUT2D eigenvalue weighted by atomic mass is 19.1. The zero-order chi connectivity index (χ0) is 14.8. The first-order valence-electron chi connectivity index (χ1n) is 6.34. The molecule has 0 saturated carbocycles. The highest BCUT2D eigenvalue weighted by molar-refractivity contribution is 5.94. The molecule has 1 aromatic carbocycles. The minimum Gasteiger partial charge on any atom is -0.357 e. The van der Waals surface area contributed by atoms with Crippen LogP contribution in [-0.4, -0.2) is 31.5 Å². The molecule has 0 aliphatic carbocycles. The first-order valence-corrected chi connectivity index (χ1v) is 6.34. The molecule has 0 radical (unpaired) electrons. The Bertz CT molecular complexity index is 488. The second-order valence-electron chi connectivity index (χ2n) is 3.92. The Balaban J connectivity index is 2.53. The number of rotatable bonds is 6. The number of guanidine groups is 1. The lowest BCUT2D eigenvalue weighted by Gasteiger charge is -2.09. The van der Waals surface area contributed by atoms with Crippen LogP contribution >= 0.6 is 0 Å². The van der Waals surface area contributed by atoms with Gasteiger partial charge in [-0.05, 0) is 25.1 Å². The number of carbonyl (C=O) groups is 1. The normalized spacial score (nSPS) is 10.8. The fraction of sp³-hybridized carbons (Fsp3) is 0.286. The molecule has 6 heteroatoms. The first-order chi connectivity index (χ1) is 9.65. The van der Waals surface area contributed by atoms with Crippen molar-refractivity contribution in [2.75, 3.05) is 25.0 Å². The lowest BCUT2D eigenvalue weighted by molar-refractivity contribution is -0.114. The molecule has 20 heavy (non-hydrogen) atoms. The fourth-order valence-corrected chi connectivity index (χ4v) is 1.43. The van der Waals surface area contributed by atoms with Gasteiger partial charge >= 0.3 is 0 Å². The molecular formula is C14H19FN4O. The summed E-state index contributed by atoms with van der Waals surface area (Å²) in [6.45, 7) is 6.71. The van der Waals surface area contributed by atoms with Crippen LogP contribution in [0.5, 0.6) is 0 Å². The molecule has 0 heterocycles. The first kappa shape index (κ1) is 15.7. The Kier molecular flexibility index (Phi) is 6.81. The number of hydrogen-bond acceptors (Lipinski definition) is 2. The molecule has 0 aromatic heterocycles. The van der Waals surface area contributed by atoms with Crippen LogP contribution in [0.4, 0.5) is 10.1 Å². The van der Waals surface area contributed by atoms with E-state index in [0.29, 0.717) is 24.7 Å². The van der Waals surface area contributed by atoms with E-state index in [2.05, 4.69) is 27.5 Å². The number of anilines is 1. The van der Waals surface area contributed by atoms with Crippen LogP contribution in [0.15, 0.2) is 41.9 Å². The Morgan fingerprint density at radius 2 is 2.25 bits per heavy atom. The topological polar surface area (TPSA) is 65.5 Å². The third kappa shape index (κ3) is 5.99. The Morgan fingerprint density at radius 1 is 1.45 bits per heavy atom. The van der Waals surface area contributed by atoms with Gasteiger partial charge in [0, 0.05) is 18.8 Å². The van der Waals surface area contributed by atoms with Gasteiger partial charge in [0.15, 0.2) is 5.96 Å².